The summed E-state index contributed by atoms with van der Waals surface area (Å²) in [5, 5.41) is 15.1. The SMILES string of the molecule is Cc1noc(NC(=O)Cc2ccc(C#N)cc2)c1C. The molecular weight excluding hydrogens is 242 g/mol. The Bertz CT molecular complexity index is 636. The quantitative estimate of drug-likeness (QED) is 0.913. The molecule has 0 spiro atoms. The third kappa shape index (κ3) is 2.99. The van der Waals surface area contributed by atoms with Crippen molar-refractivity contribution in [3.8, 4) is 6.07 Å². The number of rotatable bonds is 3. The number of anilines is 1. The van der Waals surface area contributed by atoms with Gasteiger partial charge in [0, 0.05) is 5.56 Å². The summed E-state index contributed by atoms with van der Waals surface area (Å²) < 4.78 is 5.01. The van der Waals surface area contributed by atoms with Crippen LogP contribution in [0.1, 0.15) is 22.4 Å². The maximum absolute atomic E-state index is 11.8. The third-order valence-electron chi connectivity index (χ3n) is 2.86. The van der Waals surface area contributed by atoms with Gasteiger partial charge in [-0.15, -0.1) is 0 Å². The van der Waals surface area contributed by atoms with Crippen molar-refractivity contribution in [3.05, 3.63) is 46.6 Å². The van der Waals surface area contributed by atoms with Gasteiger partial charge in [-0.05, 0) is 31.5 Å². The number of aromatic nitrogens is 1. The summed E-state index contributed by atoms with van der Waals surface area (Å²) >= 11 is 0. The molecule has 5 nitrogen and oxygen atoms in total. The van der Waals surface area contributed by atoms with E-state index in [2.05, 4.69) is 10.5 Å². The van der Waals surface area contributed by atoms with Crippen molar-refractivity contribution in [2.75, 3.05) is 5.32 Å². The van der Waals surface area contributed by atoms with E-state index in [1.807, 2.05) is 19.9 Å². The summed E-state index contributed by atoms with van der Waals surface area (Å²) in [6.45, 7) is 3.65. The molecule has 1 amide bonds. The van der Waals surface area contributed by atoms with E-state index in [1.165, 1.54) is 0 Å². The first-order valence-corrected chi connectivity index (χ1v) is 5.82. The number of carbonyl (C=O) groups excluding carboxylic acids is 1. The van der Waals surface area contributed by atoms with Gasteiger partial charge in [0.15, 0.2) is 0 Å². The average Bonchev–Trinajstić information content (AvgIpc) is 2.71. The highest BCUT2D eigenvalue weighted by Crippen LogP contribution is 2.17. The van der Waals surface area contributed by atoms with E-state index in [4.69, 9.17) is 9.78 Å². The van der Waals surface area contributed by atoms with Crippen molar-refractivity contribution >= 4 is 11.8 Å². The first-order chi connectivity index (χ1) is 9.10. The molecule has 19 heavy (non-hydrogen) atoms. The number of nitrogens with zero attached hydrogens (tertiary/aromatic N) is 2. The summed E-state index contributed by atoms with van der Waals surface area (Å²) in [4.78, 5) is 11.8. The molecule has 1 aromatic heterocycles. The van der Waals surface area contributed by atoms with Crippen LogP contribution < -0.4 is 5.32 Å². The normalized spacial score (nSPS) is 9.95. The van der Waals surface area contributed by atoms with Crippen molar-refractivity contribution in [2.24, 2.45) is 0 Å². The number of hydrogen-bond acceptors (Lipinski definition) is 4. The van der Waals surface area contributed by atoms with Gasteiger partial charge in [-0.3, -0.25) is 10.1 Å². The van der Waals surface area contributed by atoms with E-state index in [0.29, 0.717) is 11.4 Å². The Kier molecular flexibility index (Phi) is 3.62. The van der Waals surface area contributed by atoms with E-state index < -0.39 is 0 Å². The lowest BCUT2D eigenvalue weighted by atomic mass is 10.1. The van der Waals surface area contributed by atoms with Crippen LogP contribution in [0.4, 0.5) is 5.88 Å². The van der Waals surface area contributed by atoms with Crippen LogP contribution in [0.3, 0.4) is 0 Å². The van der Waals surface area contributed by atoms with Crippen LogP contribution in [-0.4, -0.2) is 11.1 Å². The topological polar surface area (TPSA) is 78.9 Å². The first kappa shape index (κ1) is 12.8. The van der Waals surface area contributed by atoms with Crippen molar-refractivity contribution < 1.29 is 9.32 Å². The third-order valence-corrected chi connectivity index (χ3v) is 2.86. The van der Waals surface area contributed by atoms with Gasteiger partial charge >= 0.3 is 0 Å². The molecule has 5 heteroatoms. The van der Waals surface area contributed by atoms with Gasteiger partial charge in [-0.1, -0.05) is 17.3 Å². The van der Waals surface area contributed by atoms with Crippen LogP contribution >= 0.6 is 0 Å². The van der Waals surface area contributed by atoms with E-state index in [0.717, 1.165) is 16.8 Å². The minimum Gasteiger partial charge on any atom is -0.338 e. The molecule has 0 saturated carbocycles. The lowest BCUT2D eigenvalue weighted by Crippen LogP contribution is -2.14. The molecule has 2 rings (SSSR count). The highest BCUT2D eigenvalue weighted by molar-refractivity contribution is 5.91. The largest absolute Gasteiger partial charge is 0.338 e. The standard InChI is InChI=1S/C14H13N3O2/c1-9-10(2)17-19-14(9)16-13(18)7-11-3-5-12(8-15)6-4-11/h3-6H,7H2,1-2H3,(H,16,18). The average molecular weight is 255 g/mol. The van der Waals surface area contributed by atoms with Crippen molar-refractivity contribution in [2.45, 2.75) is 20.3 Å². The van der Waals surface area contributed by atoms with Crippen LogP contribution in [0.5, 0.6) is 0 Å². The highest BCUT2D eigenvalue weighted by Gasteiger charge is 2.12. The van der Waals surface area contributed by atoms with Gasteiger partial charge in [0.2, 0.25) is 11.8 Å². The molecule has 0 aliphatic rings. The van der Waals surface area contributed by atoms with Crippen LogP contribution in [-0.2, 0) is 11.2 Å². The first-order valence-electron chi connectivity index (χ1n) is 5.82. The van der Waals surface area contributed by atoms with Gasteiger partial charge in [0.1, 0.15) is 0 Å². The second-order valence-electron chi connectivity index (χ2n) is 4.26. The van der Waals surface area contributed by atoms with E-state index in [-0.39, 0.29) is 12.3 Å². The van der Waals surface area contributed by atoms with E-state index in [1.54, 1.807) is 24.3 Å². The summed E-state index contributed by atoms with van der Waals surface area (Å²) in [5.74, 6) is 0.208. The van der Waals surface area contributed by atoms with Gasteiger partial charge < -0.3 is 4.52 Å². The minimum atomic E-state index is -0.177. The fraction of sp³-hybridized carbons (Fsp3) is 0.214. The maximum Gasteiger partial charge on any atom is 0.234 e. The molecular formula is C14H13N3O2. The number of nitriles is 1. The van der Waals surface area contributed by atoms with Gasteiger partial charge in [-0.25, -0.2) is 0 Å². The molecule has 0 radical (unpaired) electrons. The zero-order valence-corrected chi connectivity index (χ0v) is 10.7. The minimum absolute atomic E-state index is 0.177. The van der Waals surface area contributed by atoms with E-state index in [9.17, 15) is 4.79 Å². The predicted molar refractivity (Wildman–Crippen MR) is 69.5 cm³/mol. The molecule has 0 fully saturated rings. The van der Waals surface area contributed by atoms with Gasteiger partial charge in [0.05, 0.1) is 23.7 Å². The number of amides is 1. The van der Waals surface area contributed by atoms with Crippen molar-refractivity contribution in [1.82, 2.24) is 5.16 Å². The Morgan fingerprint density at radius 2 is 2.05 bits per heavy atom. The number of hydrogen-bond donors (Lipinski definition) is 1. The van der Waals surface area contributed by atoms with Crippen LogP contribution in [0.25, 0.3) is 0 Å². The predicted octanol–water partition coefficient (Wildman–Crippen LogP) is 2.34. The number of benzene rings is 1. The molecule has 2 aromatic rings. The van der Waals surface area contributed by atoms with Crippen LogP contribution in [0.15, 0.2) is 28.8 Å². The Hall–Kier alpha value is -2.61. The molecule has 0 bridgehead atoms. The lowest BCUT2D eigenvalue weighted by Gasteiger charge is -2.02. The highest BCUT2D eigenvalue weighted by atomic mass is 16.5. The molecule has 0 unspecified atom stereocenters. The Balaban J connectivity index is 2.01. The van der Waals surface area contributed by atoms with Crippen molar-refractivity contribution in [1.29, 1.82) is 5.26 Å². The Morgan fingerprint density at radius 1 is 1.37 bits per heavy atom. The molecule has 0 saturated heterocycles. The zero-order chi connectivity index (χ0) is 13.8. The molecule has 0 aliphatic heterocycles. The van der Waals surface area contributed by atoms with Crippen LogP contribution in [0, 0.1) is 25.2 Å². The van der Waals surface area contributed by atoms with E-state index >= 15 is 0 Å². The summed E-state index contributed by atoms with van der Waals surface area (Å²) in [6, 6.07) is 8.93. The maximum atomic E-state index is 11.8. The van der Waals surface area contributed by atoms with Crippen LogP contribution in [0.2, 0.25) is 0 Å². The zero-order valence-electron chi connectivity index (χ0n) is 10.7. The fourth-order valence-electron chi connectivity index (χ4n) is 1.59. The summed E-state index contributed by atoms with van der Waals surface area (Å²) in [6.07, 6.45) is 0.227. The molecule has 1 aromatic carbocycles. The fourth-order valence-corrected chi connectivity index (χ4v) is 1.59. The summed E-state index contributed by atoms with van der Waals surface area (Å²) in [5.41, 5.74) is 3.00. The number of carbonyl (C=O) groups is 1. The summed E-state index contributed by atoms with van der Waals surface area (Å²) in [7, 11) is 0. The molecule has 96 valence electrons. The molecule has 1 N–H and O–H groups in total. The smallest absolute Gasteiger partial charge is 0.234 e. The van der Waals surface area contributed by atoms with Gasteiger partial charge in [-0.2, -0.15) is 5.26 Å². The molecule has 0 aliphatic carbocycles. The number of nitrogens with one attached hydrogen (secondary N) is 1. The second-order valence-corrected chi connectivity index (χ2v) is 4.26. The monoisotopic (exact) mass is 255 g/mol. The molecule has 0 atom stereocenters. The Morgan fingerprint density at radius 3 is 2.58 bits per heavy atom. The number of aryl methyl sites for hydroxylation is 1. The molecule has 1 heterocycles. The van der Waals surface area contributed by atoms with Gasteiger partial charge in [0.25, 0.3) is 0 Å². The second kappa shape index (κ2) is 5.36. The van der Waals surface area contributed by atoms with Crippen molar-refractivity contribution in [3.63, 3.8) is 0 Å². The lowest BCUT2D eigenvalue weighted by molar-refractivity contribution is -0.115. The Labute approximate surface area is 110 Å².